The molecule has 28 heavy (non-hydrogen) atoms. The predicted octanol–water partition coefficient (Wildman–Crippen LogP) is 4.38. The lowest BCUT2D eigenvalue weighted by molar-refractivity contribution is -0.893. The molecule has 0 heterocycles. The van der Waals surface area contributed by atoms with Crippen LogP contribution in [-0.4, -0.2) is 62.5 Å². The number of hydrogen-bond donors (Lipinski definition) is 1. The first-order valence-corrected chi connectivity index (χ1v) is 12.6. The lowest BCUT2D eigenvalue weighted by Gasteiger charge is -2.32. The molecule has 1 unspecified atom stereocenters. The molecule has 6 nitrogen and oxygen atoms in total. The minimum absolute atomic E-state index is 0.369. The Hall–Kier alpha value is -0.210. The maximum absolute atomic E-state index is 10.4. The zero-order valence-corrected chi connectivity index (χ0v) is 19.4. The number of aliphatic hydroxyl groups is 1. The third-order valence-electron chi connectivity index (χ3n) is 5.23. The highest BCUT2D eigenvalue weighted by Gasteiger charge is 2.20. The van der Waals surface area contributed by atoms with E-state index in [9.17, 15) is 18.1 Å². The summed E-state index contributed by atoms with van der Waals surface area (Å²) in [4.78, 5) is 0. The highest BCUT2D eigenvalue weighted by atomic mass is 32.3. The number of unbranched alkanes of at least 4 members (excludes halogenated alkanes) is 13. The van der Waals surface area contributed by atoms with Crippen LogP contribution in [0.4, 0.5) is 0 Å². The topological polar surface area (TPSA) is 86.7 Å². The van der Waals surface area contributed by atoms with Crippen LogP contribution in [0, 0.1) is 0 Å². The van der Waals surface area contributed by atoms with Crippen molar-refractivity contribution in [2.75, 3.05) is 33.8 Å². The molecule has 0 fully saturated rings. The molecule has 0 aromatic carbocycles. The van der Waals surface area contributed by atoms with Gasteiger partial charge in [0.05, 0.1) is 27.2 Å². The van der Waals surface area contributed by atoms with Gasteiger partial charge in [0, 0.05) is 0 Å². The average Bonchev–Trinajstić information content (AvgIpc) is 2.59. The van der Waals surface area contributed by atoms with E-state index in [1.807, 2.05) is 14.1 Å². The van der Waals surface area contributed by atoms with Crippen molar-refractivity contribution in [2.45, 2.75) is 103 Å². The van der Waals surface area contributed by atoms with Crippen LogP contribution in [0.1, 0.15) is 96.8 Å². The zero-order chi connectivity index (χ0) is 21.3. The summed E-state index contributed by atoms with van der Waals surface area (Å²) in [6.07, 6.45) is 17.6. The van der Waals surface area contributed by atoms with Crippen LogP contribution >= 0.6 is 0 Å². The van der Waals surface area contributed by atoms with Gasteiger partial charge in [0.25, 0.3) is 0 Å². The number of nitrogens with zero attached hydrogens (tertiary/aromatic N) is 1. The summed E-state index contributed by atoms with van der Waals surface area (Å²) in [6.45, 7) is 3.08. The fourth-order valence-corrected chi connectivity index (χ4v) is 3.93. The van der Waals surface area contributed by atoms with Gasteiger partial charge in [-0.15, -0.1) is 0 Å². The molecular weight excluding hydrogens is 378 g/mol. The normalized spacial score (nSPS) is 13.8. The van der Waals surface area contributed by atoms with E-state index in [1.54, 1.807) is 0 Å². The van der Waals surface area contributed by atoms with Crippen molar-refractivity contribution in [3.8, 4) is 0 Å². The molecule has 0 radical (unpaired) electrons. The van der Waals surface area contributed by atoms with E-state index in [0.717, 1.165) is 13.0 Å². The van der Waals surface area contributed by atoms with Crippen molar-refractivity contribution < 1.29 is 26.7 Å². The second-order valence-electron chi connectivity index (χ2n) is 8.78. The smallest absolute Gasteiger partial charge is 0.217 e. The number of likely N-dealkylation sites (N-methyl/N-ethyl adjacent to an activating group) is 1. The molecule has 0 aliphatic rings. The monoisotopic (exact) mass is 423 g/mol. The lowest BCUT2D eigenvalue weighted by atomic mass is 10.0. The fourth-order valence-electron chi connectivity index (χ4n) is 3.61. The molecule has 0 saturated heterocycles. The second kappa shape index (κ2) is 16.6. The van der Waals surface area contributed by atoms with Crippen LogP contribution in [0.3, 0.4) is 0 Å². The molecule has 0 bridgehead atoms. The molecule has 0 saturated carbocycles. The van der Waals surface area contributed by atoms with Gasteiger partial charge < -0.3 is 14.1 Å². The van der Waals surface area contributed by atoms with Gasteiger partial charge in [-0.2, -0.15) is 0 Å². The predicted molar refractivity (Wildman–Crippen MR) is 114 cm³/mol. The van der Waals surface area contributed by atoms with Gasteiger partial charge in [0.1, 0.15) is 12.6 Å². The Labute approximate surface area is 174 Å². The molecule has 1 N–H and O–H groups in total. The third kappa shape index (κ3) is 20.5. The van der Waals surface area contributed by atoms with E-state index in [4.69, 9.17) is 0 Å². The first-order chi connectivity index (χ1) is 13.2. The van der Waals surface area contributed by atoms with Crippen LogP contribution in [0.25, 0.3) is 0 Å². The van der Waals surface area contributed by atoms with E-state index < -0.39 is 23.1 Å². The molecule has 0 spiro atoms. The Morgan fingerprint density at radius 1 is 0.821 bits per heavy atom. The first kappa shape index (κ1) is 27.8. The van der Waals surface area contributed by atoms with Gasteiger partial charge in [-0.1, -0.05) is 84.0 Å². The fraction of sp³-hybridized carbons (Fsp3) is 1.00. The van der Waals surface area contributed by atoms with Gasteiger partial charge in [-0.25, -0.2) is 8.42 Å². The van der Waals surface area contributed by atoms with Crippen molar-refractivity contribution in [1.29, 1.82) is 0 Å². The molecule has 0 aromatic heterocycles. The summed E-state index contributed by atoms with van der Waals surface area (Å²) in [5.41, 5.74) is 0. The standard InChI is InChI=1S/C21H45NO5S/c1-4-5-6-7-8-9-10-11-12-13-14-15-16-17-18-22(2,3)19-21(23)20-27-28(24,25)26/h21,23H,4-20H2,1-3H3. The summed E-state index contributed by atoms with van der Waals surface area (Å²) in [5, 5.41) is 9.82. The quantitative estimate of drug-likeness (QED) is 0.136. The molecule has 0 amide bonds. The minimum atomic E-state index is -4.73. The molecule has 0 aliphatic carbocycles. The average molecular weight is 424 g/mol. The maximum atomic E-state index is 10.4. The van der Waals surface area contributed by atoms with Crippen molar-refractivity contribution in [3.63, 3.8) is 0 Å². The molecular formula is C21H45NO5S. The van der Waals surface area contributed by atoms with Crippen molar-refractivity contribution in [2.24, 2.45) is 0 Å². The maximum Gasteiger partial charge on any atom is 0.217 e. The highest BCUT2D eigenvalue weighted by molar-refractivity contribution is 7.80. The Bertz CT molecular complexity index is 454. The Morgan fingerprint density at radius 2 is 1.21 bits per heavy atom. The van der Waals surface area contributed by atoms with Crippen LogP contribution in [0.5, 0.6) is 0 Å². The van der Waals surface area contributed by atoms with Gasteiger partial charge in [-0.05, 0) is 12.8 Å². The van der Waals surface area contributed by atoms with E-state index in [2.05, 4.69) is 11.1 Å². The summed E-state index contributed by atoms with van der Waals surface area (Å²) in [5.74, 6) is 0. The summed E-state index contributed by atoms with van der Waals surface area (Å²) in [7, 11) is -0.740. The Kier molecular flexibility index (Phi) is 16.4. The van der Waals surface area contributed by atoms with Gasteiger partial charge in [-0.3, -0.25) is 4.18 Å². The van der Waals surface area contributed by atoms with E-state index in [-0.39, 0.29) is 0 Å². The molecule has 0 aliphatic heterocycles. The minimum Gasteiger partial charge on any atom is -0.726 e. The van der Waals surface area contributed by atoms with Gasteiger partial charge in [0.15, 0.2) is 0 Å². The van der Waals surface area contributed by atoms with Gasteiger partial charge in [0.2, 0.25) is 10.4 Å². The molecule has 7 heteroatoms. The van der Waals surface area contributed by atoms with Crippen LogP contribution in [0.2, 0.25) is 0 Å². The first-order valence-electron chi connectivity index (χ1n) is 11.3. The van der Waals surface area contributed by atoms with Gasteiger partial charge >= 0.3 is 0 Å². The van der Waals surface area contributed by atoms with E-state index in [0.29, 0.717) is 11.0 Å². The Balaban J connectivity index is 3.49. The number of aliphatic hydroxyl groups excluding tert-OH is 1. The van der Waals surface area contributed by atoms with Crippen LogP contribution < -0.4 is 0 Å². The highest BCUT2D eigenvalue weighted by Crippen LogP contribution is 2.13. The third-order valence-corrected chi connectivity index (χ3v) is 5.65. The molecule has 170 valence electrons. The van der Waals surface area contributed by atoms with Crippen molar-refractivity contribution in [3.05, 3.63) is 0 Å². The summed E-state index contributed by atoms with van der Waals surface area (Å²) in [6, 6.07) is 0. The number of quaternary nitrogens is 1. The summed E-state index contributed by atoms with van der Waals surface area (Å²) >= 11 is 0. The zero-order valence-electron chi connectivity index (χ0n) is 18.5. The number of rotatable bonds is 20. The van der Waals surface area contributed by atoms with E-state index in [1.165, 1.54) is 83.5 Å². The Morgan fingerprint density at radius 3 is 1.61 bits per heavy atom. The van der Waals surface area contributed by atoms with Crippen LogP contribution in [0.15, 0.2) is 0 Å². The summed E-state index contributed by atoms with van der Waals surface area (Å²) < 4.78 is 36.0. The molecule has 0 rings (SSSR count). The largest absolute Gasteiger partial charge is 0.726 e. The molecule has 0 aromatic rings. The SMILES string of the molecule is CCCCCCCCCCCCCCCC[N+](C)(C)CC(O)COS(=O)(=O)[O-]. The van der Waals surface area contributed by atoms with Crippen molar-refractivity contribution in [1.82, 2.24) is 0 Å². The lowest BCUT2D eigenvalue weighted by Crippen LogP contribution is -2.47. The van der Waals surface area contributed by atoms with Crippen LogP contribution in [-0.2, 0) is 14.6 Å². The van der Waals surface area contributed by atoms with Crippen molar-refractivity contribution >= 4 is 10.4 Å². The van der Waals surface area contributed by atoms with E-state index >= 15 is 0 Å². The molecule has 1 atom stereocenters. The second-order valence-corrected chi connectivity index (χ2v) is 9.84. The number of hydrogen-bond acceptors (Lipinski definition) is 5.